The molecule has 1 heterocycles. The van der Waals surface area contributed by atoms with Gasteiger partial charge in [-0.15, -0.1) is 0 Å². The number of nitrogens with zero attached hydrogens (tertiary/aromatic N) is 3. The van der Waals surface area contributed by atoms with E-state index in [4.69, 9.17) is 19.7 Å². The van der Waals surface area contributed by atoms with Crippen LogP contribution in [-0.4, -0.2) is 46.5 Å². The number of hydrogen-bond acceptors (Lipinski definition) is 12. The number of nitrogens with one attached hydrogen (secondary N) is 3. The molecule has 0 aliphatic heterocycles. The molecule has 0 aliphatic rings. The summed E-state index contributed by atoms with van der Waals surface area (Å²) in [4.78, 5) is 11.6. The molecule has 12 nitrogen and oxygen atoms in total. The lowest BCUT2D eigenvalue weighted by Gasteiger charge is -2.08. The van der Waals surface area contributed by atoms with Gasteiger partial charge in [0.15, 0.2) is 0 Å². The van der Waals surface area contributed by atoms with Crippen molar-refractivity contribution >= 4 is 39.7 Å². The van der Waals surface area contributed by atoms with E-state index in [0.717, 1.165) is 12.0 Å². The van der Waals surface area contributed by atoms with Gasteiger partial charge < -0.3 is 16.3 Å². The zero-order chi connectivity index (χ0) is 18.3. The molecule has 7 N–H and O–H groups in total. The van der Waals surface area contributed by atoms with Crippen LogP contribution in [0.3, 0.4) is 0 Å². The Morgan fingerprint density at radius 1 is 1.20 bits per heavy atom. The highest BCUT2D eigenvalue weighted by Crippen LogP contribution is 2.20. The number of aromatic nitrogens is 3. The van der Waals surface area contributed by atoms with Crippen LogP contribution in [0.1, 0.15) is 0 Å². The van der Waals surface area contributed by atoms with Gasteiger partial charge in [-0.25, -0.2) is 0 Å². The minimum absolute atomic E-state index is 0.0388. The molecule has 1 aromatic heterocycles. The zero-order valence-electron chi connectivity index (χ0n) is 12.6. The molecule has 0 spiro atoms. The molecule has 0 fully saturated rings. The molecule has 0 saturated carbocycles. The Bertz CT molecular complexity index is 803. The topological polar surface area (TPSA) is 185 Å². The molecule has 0 radical (unpaired) electrons. The first-order valence-electron chi connectivity index (χ1n) is 6.62. The summed E-state index contributed by atoms with van der Waals surface area (Å²) in [5.41, 5.74) is 7.98. The Morgan fingerprint density at radius 3 is 2.56 bits per heavy atom. The summed E-state index contributed by atoms with van der Waals surface area (Å²) >= 11 is 0.849. The second kappa shape index (κ2) is 8.86. The second-order valence-electron chi connectivity index (χ2n) is 4.35. The summed E-state index contributed by atoms with van der Waals surface area (Å²) < 4.78 is 36.1. The van der Waals surface area contributed by atoms with Gasteiger partial charge in [0, 0.05) is 5.69 Å². The maximum absolute atomic E-state index is 11.0. The number of nitrogen functional groups attached to an aromatic ring is 1. The van der Waals surface area contributed by atoms with Crippen LogP contribution in [0.2, 0.25) is 0 Å². The molecule has 0 amide bonds. The van der Waals surface area contributed by atoms with Gasteiger partial charge in [-0.3, -0.25) is 14.1 Å². The lowest BCUT2D eigenvalue weighted by Crippen LogP contribution is -2.27. The van der Waals surface area contributed by atoms with Gasteiger partial charge in [0.05, 0.1) is 23.6 Å². The molecule has 0 saturated heterocycles. The van der Waals surface area contributed by atoms with E-state index >= 15 is 0 Å². The molecular weight excluding hydrogens is 374 g/mol. The van der Waals surface area contributed by atoms with Crippen LogP contribution in [0.5, 0.6) is 0 Å². The summed E-state index contributed by atoms with van der Waals surface area (Å²) in [5, 5.41) is 14.1. The highest BCUT2D eigenvalue weighted by Gasteiger charge is 2.10. The molecule has 0 atom stereocenters. The van der Waals surface area contributed by atoms with Crippen LogP contribution in [0.25, 0.3) is 0 Å². The summed E-state index contributed by atoms with van der Waals surface area (Å²) in [6, 6.07) is 5.31. The average Bonchev–Trinajstić information content (AvgIpc) is 2.54. The van der Waals surface area contributed by atoms with Gasteiger partial charge in [0.25, 0.3) is 10.1 Å². The molecular formula is C11H15N7O5S2. The highest BCUT2D eigenvalue weighted by molar-refractivity contribution is 7.94. The Labute approximate surface area is 147 Å². The summed E-state index contributed by atoms with van der Waals surface area (Å²) in [6.07, 6.45) is 0. The van der Waals surface area contributed by atoms with Gasteiger partial charge in [0.2, 0.25) is 17.1 Å². The molecule has 25 heavy (non-hydrogen) atoms. The minimum atomic E-state index is -4.26. The SMILES string of the molecule is Nc1nc(Nc2ccc(S(=O)(=O)O)cc2)nc(SOCNCNO)n1. The molecule has 14 heteroatoms. The van der Waals surface area contributed by atoms with Crippen molar-refractivity contribution in [3.05, 3.63) is 24.3 Å². The Morgan fingerprint density at radius 2 is 1.92 bits per heavy atom. The fourth-order valence-electron chi connectivity index (χ4n) is 1.54. The number of hydrogen-bond donors (Lipinski definition) is 6. The predicted molar refractivity (Wildman–Crippen MR) is 88.5 cm³/mol. The third-order valence-corrected chi connectivity index (χ3v) is 3.97. The van der Waals surface area contributed by atoms with E-state index in [1.165, 1.54) is 24.3 Å². The van der Waals surface area contributed by atoms with Crippen molar-refractivity contribution in [2.45, 2.75) is 10.1 Å². The Hall–Kier alpha value is -2.07. The highest BCUT2D eigenvalue weighted by atomic mass is 32.2. The van der Waals surface area contributed by atoms with Gasteiger partial charge >= 0.3 is 0 Å². The van der Waals surface area contributed by atoms with E-state index in [9.17, 15) is 8.42 Å². The molecule has 0 unspecified atom stereocenters. The van der Waals surface area contributed by atoms with Crippen LogP contribution >= 0.6 is 12.0 Å². The van der Waals surface area contributed by atoms with Gasteiger partial charge in [0.1, 0.15) is 6.73 Å². The fraction of sp³-hybridized carbons (Fsp3) is 0.182. The zero-order valence-corrected chi connectivity index (χ0v) is 14.2. The van der Waals surface area contributed by atoms with Crippen molar-refractivity contribution in [2.24, 2.45) is 0 Å². The summed E-state index contributed by atoms with van der Waals surface area (Å²) in [6.45, 7) is 0.260. The van der Waals surface area contributed by atoms with E-state index in [2.05, 4.69) is 25.6 Å². The normalized spacial score (nSPS) is 11.4. The van der Waals surface area contributed by atoms with Crippen LogP contribution in [0.4, 0.5) is 17.6 Å². The second-order valence-corrected chi connectivity index (χ2v) is 6.54. The number of benzene rings is 1. The first kappa shape index (κ1) is 19.3. The monoisotopic (exact) mass is 389 g/mol. The third-order valence-electron chi connectivity index (χ3n) is 2.54. The smallest absolute Gasteiger partial charge is 0.294 e. The largest absolute Gasteiger partial charge is 0.368 e. The maximum Gasteiger partial charge on any atom is 0.294 e. The van der Waals surface area contributed by atoms with Crippen LogP contribution in [-0.2, 0) is 14.3 Å². The number of hydroxylamine groups is 1. The average molecular weight is 389 g/mol. The lowest BCUT2D eigenvalue weighted by atomic mass is 10.3. The first-order valence-corrected chi connectivity index (χ1v) is 8.80. The molecule has 2 aromatic rings. The van der Waals surface area contributed by atoms with Gasteiger partial charge in [-0.05, 0) is 24.3 Å². The van der Waals surface area contributed by atoms with Crippen molar-refractivity contribution in [1.29, 1.82) is 0 Å². The standard InChI is InChI=1S/C11H15N7O5S2/c12-9-16-10(18-11(17-9)24-23-6-13-5-14-19)15-7-1-3-8(4-2-7)25(20,21)22/h1-4,13-14,19H,5-6H2,(H,20,21,22)(H3,12,15,16,17,18). The molecule has 2 rings (SSSR count). The first-order chi connectivity index (χ1) is 11.9. The number of anilines is 3. The Balaban J connectivity index is 2.02. The van der Waals surface area contributed by atoms with Crippen molar-refractivity contribution in [2.75, 3.05) is 24.4 Å². The molecule has 0 aliphatic carbocycles. The predicted octanol–water partition coefficient (Wildman–Crippen LogP) is -0.0488. The quantitative estimate of drug-likeness (QED) is 0.110. The van der Waals surface area contributed by atoms with Crippen molar-refractivity contribution < 1.29 is 22.4 Å². The van der Waals surface area contributed by atoms with Crippen LogP contribution < -0.4 is 21.8 Å². The number of nitrogens with two attached hydrogens (primary N) is 1. The van der Waals surface area contributed by atoms with Crippen molar-refractivity contribution in [1.82, 2.24) is 25.7 Å². The van der Waals surface area contributed by atoms with E-state index in [-0.39, 0.29) is 35.3 Å². The fourth-order valence-corrected chi connectivity index (χ4v) is 2.52. The molecule has 0 bridgehead atoms. The van der Waals surface area contributed by atoms with E-state index in [0.29, 0.717) is 5.69 Å². The van der Waals surface area contributed by atoms with Crippen LogP contribution in [0, 0.1) is 0 Å². The molecule has 1 aromatic carbocycles. The lowest BCUT2D eigenvalue weighted by molar-refractivity contribution is 0.148. The Kier molecular flexibility index (Phi) is 6.82. The maximum atomic E-state index is 11.0. The van der Waals surface area contributed by atoms with E-state index < -0.39 is 10.1 Å². The summed E-state index contributed by atoms with van der Waals surface area (Å²) in [7, 11) is -4.26. The van der Waals surface area contributed by atoms with E-state index in [1.54, 1.807) is 0 Å². The minimum Gasteiger partial charge on any atom is -0.368 e. The van der Waals surface area contributed by atoms with Crippen molar-refractivity contribution in [3.8, 4) is 0 Å². The summed E-state index contributed by atoms with van der Waals surface area (Å²) in [5.74, 6) is 0.0892. The van der Waals surface area contributed by atoms with Gasteiger partial charge in [-0.1, -0.05) is 0 Å². The van der Waals surface area contributed by atoms with Crippen molar-refractivity contribution in [3.63, 3.8) is 0 Å². The third kappa shape index (κ3) is 6.39. The van der Waals surface area contributed by atoms with E-state index in [1.807, 2.05) is 5.48 Å². The van der Waals surface area contributed by atoms with Crippen LogP contribution in [0.15, 0.2) is 34.3 Å². The molecule has 136 valence electrons. The number of rotatable bonds is 9. The van der Waals surface area contributed by atoms with Gasteiger partial charge in [-0.2, -0.15) is 28.8 Å².